The summed E-state index contributed by atoms with van der Waals surface area (Å²) < 4.78 is 66.0. The highest BCUT2D eigenvalue weighted by Gasteiger charge is 2.55. The maximum Gasteiger partial charge on any atom is 0.416 e. The number of urea groups is 1. The Morgan fingerprint density at radius 2 is 1.84 bits per heavy atom. The Balaban J connectivity index is 1.29. The number of amides is 3. The van der Waals surface area contributed by atoms with Crippen LogP contribution in [-0.4, -0.2) is 62.4 Å². The van der Waals surface area contributed by atoms with E-state index in [0.29, 0.717) is 51.5 Å². The van der Waals surface area contributed by atoms with Gasteiger partial charge >= 0.3 is 12.2 Å². The molecule has 8 nitrogen and oxygen atoms in total. The number of alkyl halides is 3. The van der Waals surface area contributed by atoms with E-state index in [9.17, 15) is 31.2 Å². The smallest absolute Gasteiger partial charge is 0.369 e. The molecule has 2 aliphatic heterocycles. The summed E-state index contributed by atoms with van der Waals surface area (Å²) in [6.07, 6.45) is -3.04. The second-order valence-electron chi connectivity index (χ2n) is 8.72. The van der Waals surface area contributed by atoms with Crippen molar-refractivity contribution in [3.05, 3.63) is 29.8 Å². The predicted molar refractivity (Wildman–Crippen MR) is 103 cm³/mol. The third kappa shape index (κ3) is 4.22. The van der Waals surface area contributed by atoms with Crippen LogP contribution in [0.5, 0.6) is 0 Å². The van der Waals surface area contributed by atoms with Crippen LogP contribution in [0.15, 0.2) is 29.2 Å². The molecular formula is C19H23F3N4O4S. The molecule has 1 saturated carbocycles. The Morgan fingerprint density at radius 1 is 1.16 bits per heavy atom. The molecule has 3 fully saturated rings. The number of likely N-dealkylation sites (tertiary alicyclic amines) is 2. The van der Waals surface area contributed by atoms with Crippen molar-refractivity contribution < 1.29 is 31.2 Å². The van der Waals surface area contributed by atoms with Gasteiger partial charge in [-0.2, -0.15) is 13.2 Å². The number of rotatable bonds is 4. The molecule has 3 aliphatic rings. The number of halogens is 3. The lowest BCUT2D eigenvalue weighted by atomic mass is 9.61. The van der Waals surface area contributed by atoms with Gasteiger partial charge in [0.2, 0.25) is 15.9 Å². The number of nitrogens with two attached hydrogens (primary N) is 1. The van der Waals surface area contributed by atoms with Gasteiger partial charge in [-0.25, -0.2) is 17.9 Å². The van der Waals surface area contributed by atoms with E-state index >= 15 is 0 Å². The van der Waals surface area contributed by atoms with Gasteiger partial charge in [-0.1, -0.05) is 6.07 Å². The number of hydrogen-bond donors (Lipinski definition) is 2. The van der Waals surface area contributed by atoms with Crippen molar-refractivity contribution in [1.82, 2.24) is 14.5 Å². The molecule has 0 bridgehead atoms. The monoisotopic (exact) mass is 460 g/mol. The second kappa shape index (κ2) is 7.37. The molecule has 3 amide bonds. The van der Waals surface area contributed by atoms with Gasteiger partial charge in [0.1, 0.15) is 0 Å². The number of nitrogens with one attached hydrogen (secondary N) is 1. The molecule has 12 heteroatoms. The molecule has 31 heavy (non-hydrogen) atoms. The summed E-state index contributed by atoms with van der Waals surface area (Å²) in [5.74, 6) is -0.734. The maximum atomic E-state index is 12.9. The second-order valence-corrected chi connectivity index (χ2v) is 10.4. The Morgan fingerprint density at radius 3 is 2.42 bits per heavy atom. The number of hydrogen-bond acceptors (Lipinski definition) is 4. The molecule has 170 valence electrons. The molecule has 2 saturated heterocycles. The first-order valence-corrected chi connectivity index (χ1v) is 11.4. The van der Waals surface area contributed by atoms with E-state index in [1.54, 1.807) is 9.80 Å². The first kappa shape index (κ1) is 21.9. The zero-order valence-corrected chi connectivity index (χ0v) is 17.4. The average Bonchev–Trinajstić information content (AvgIpc) is 3.12. The minimum atomic E-state index is -4.62. The van der Waals surface area contributed by atoms with Gasteiger partial charge < -0.3 is 15.5 Å². The summed E-state index contributed by atoms with van der Waals surface area (Å²) in [5, 5.41) is 0. The van der Waals surface area contributed by atoms with Crippen LogP contribution in [0.2, 0.25) is 0 Å². The molecule has 1 aliphatic carbocycles. The van der Waals surface area contributed by atoms with E-state index in [4.69, 9.17) is 5.73 Å². The maximum absolute atomic E-state index is 12.9. The molecular weight excluding hydrogens is 437 g/mol. The van der Waals surface area contributed by atoms with E-state index in [1.807, 2.05) is 0 Å². The van der Waals surface area contributed by atoms with Crippen molar-refractivity contribution in [2.75, 3.05) is 26.2 Å². The largest absolute Gasteiger partial charge is 0.416 e. The zero-order valence-electron chi connectivity index (χ0n) is 16.6. The quantitative estimate of drug-likeness (QED) is 0.707. The normalized spacial score (nSPS) is 23.5. The van der Waals surface area contributed by atoms with Gasteiger partial charge in [0, 0.05) is 37.6 Å². The molecule has 0 unspecified atom stereocenters. The van der Waals surface area contributed by atoms with Gasteiger partial charge in [-0.15, -0.1) is 0 Å². The standard InChI is InChI=1S/C19H23F3N4O4S/c20-19(21,22)13-2-1-3-15(6-13)31(29,30)24-14-7-18(8-14)10-26(11-18)17(28)25-5-4-12(9-25)16(23)27/h1-3,6,12,14,24H,4-5,7-11H2,(H2,23,27)/t12-/m0/s1. The molecule has 4 rings (SSSR count). The predicted octanol–water partition coefficient (Wildman–Crippen LogP) is 1.38. The topological polar surface area (TPSA) is 113 Å². The fourth-order valence-electron chi connectivity index (χ4n) is 4.72. The molecule has 0 aromatic heterocycles. The summed E-state index contributed by atoms with van der Waals surface area (Å²) >= 11 is 0. The lowest BCUT2D eigenvalue weighted by Gasteiger charge is -2.59. The van der Waals surface area contributed by atoms with Gasteiger partial charge in [0.25, 0.3) is 0 Å². The van der Waals surface area contributed by atoms with Crippen molar-refractivity contribution in [3.8, 4) is 0 Å². The van der Waals surface area contributed by atoms with Crippen LogP contribution < -0.4 is 10.5 Å². The van der Waals surface area contributed by atoms with Crippen LogP contribution >= 0.6 is 0 Å². The van der Waals surface area contributed by atoms with E-state index in [0.717, 1.165) is 18.2 Å². The van der Waals surface area contributed by atoms with Crippen LogP contribution in [0.1, 0.15) is 24.8 Å². The van der Waals surface area contributed by atoms with Crippen LogP contribution in [0, 0.1) is 11.3 Å². The van der Waals surface area contributed by atoms with Crippen molar-refractivity contribution in [2.24, 2.45) is 17.1 Å². The van der Waals surface area contributed by atoms with Crippen molar-refractivity contribution in [1.29, 1.82) is 0 Å². The molecule has 1 atom stereocenters. The number of nitrogens with zero attached hydrogens (tertiary/aromatic N) is 2. The Labute approximate surface area is 177 Å². The number of carbonyl (C=O) groups excluding carboxylic acids is 2. The van der Waals surface area contributed by atoms with Crippen LogP contribution in [0.25, 0.3) is 0 Å². The van der Waals surface area contributed by atoms with Gasteiger partial charge in [-0.3, -0.25) is 4.79 Å². The summed E-state index contributed by atoms with van der Waals surface area (Å²) in [7, 11) is -4.08. The fourth-order valence-corrected chi connectivity index (χ4v) is 6.00. The summed E-state index contributed by atoms with van der Waals surface area (Å²) in [4.78, 5) is 26.6. The molecule has 3 N–H and O–H groups in total. The molecule has 1 spiro atoms. The molecule has 0 radical (unpaired) electrons. The zero-order chi connectivity index (χ0) is 22.6. The molecule has 1 aromatic rings. The minimum absolute atomic E-state index is 0.151. The number of carbonyl (C=O) groups is 2. The third-order valence-corrected chi connectivity index (χ3v) is 7.85. The van der Waals surface area contributed by atoms with Crippen molar-refractivity contribution in [2.45, 2.75) is 36.4 Å². The highest BCUT2D eigenvalue weighted by Crippen LogP contribution is 2.49. The van der Waals surface area contributed by atoms with Crippen LogP contribution in [0.4, 0.5) is 18.0 Å². The van der Waals surface area contributed by atoms with Crippen LogP contribution in [0.3, 0.4) is 0 Å². The Kier molecular flexibility index (Phi) is 5.20. The first-order valence-electron chi connectivity index (χ1n) is 9.91. The lowest BCUT2D eigenvalue weighted by molar-refractivity contribution is -0.137. The number of primary amides is 1. The Bertz CT molecular complexity index is 1000. The van der Waals surface area contributed by atoms with Gasteiger partial charge in [-0.05, 0) is 37.5 Å². The number of sulfonamides is 1. The highest BCUT2D eigenvalue weighted by molar-refractivity contribution is 7.89. The SMILES string of the molecule is NC(=O)[C@H]1CCN(C(=O)N2CC3(CC(NS(=O)(=O)c4cccc(C(F)(F)F)c4)C3)C2)C1. The van der Waals surface area contributed by atoms with Crippen molar-refractivity contribution in [3.63, 3.8) is 0 Å². The van der Waals surface area contributed by atoms with E-state index in [2.05, 4.69) is 4.72 Å². The minimum Gasteiger partial charge on any atom is -0.369 e. The highest BCUT2D eigenvalue weighted by atomic mass is 32.2. The molecule has 1 aromatic carbocycles. The third-order valence-electron chi connectivity index (χ3n) is 6.34. The summed E-state index contributed by atoms with van der Waals surface area (Å²) in [6, 6.07) is 3.10. The summed E-state index contributed by atoms with van der Waals surface area (Å²) in [5.41, 5.74) is 4.10. The van der Waals surface area contributed by atoms with Crippen LogP contribution in [-0.2, 0) is 21.0 Å². The first-order chi connectivity index (χ1) is 14.4. The average molecular weight is 460 g/mol. The van der Waals surface area contributed by atoms with E-state index in [1.165, 1.54) is 0 Å². The van der Waals surface area contributed by atoms with Crippen molar-refractivity contribution >= 4 is 22.0 Å². The fraction of sp³-hybridized carbons (Fsp3) is 0.579. The van der Waals surface area contributed by atoms with E-state index < -0.39 is 32.6 Å². The van der Waals surface area contributed by atoms with E-state index in [-0.39, 0.29) is 23.4 Å². The number of benzene rings is 1. The Hall–Kier alpha value is -2.34. The molecule has 2 heterocycles. The van der Waals surface area contributed by atoms with Gasteiger partial charge in [0.15, 0.2) is 0 Å². The lowest BCUT2D eigenvalue weighted by Crippen LogP contribution is -2.68. The van der Waals surface area contributed by atoms with Gasteiger partial charge in [0.05, 0.1) is 16.4 Å². The summed E-state index contributed by atoms with van der Waals surface area (Å²) in [6.45, 7) is 1.78.